The van der Waals surface area contributed by atoms with Gasteiger partial charge in [0, 0.05) is 19.7 Å². The molecule has 7 nitrogen and oxygen atoms in total. The largest absolute Gasteiger partial charge is 0.463 e. The number of aromatic nitrogens is 3. The number of hydrogen-bond donors (Lipinski definition) is 1. The van der Waals surface area contributed by atoms with Crippen LogP contribution in [-0.2, 0) is 4.74 Å². The molecule has 1 aromatic heterocycles. The van der Waals surface area contributed by atoms with E-state index in [2.05, 4.69) is 28.8 Å². The van der Waals surface area contributed by atoms with E-state index in [9.17, 15) is 0 Å². The second kappa shape index (κ2) is 7.73. The van der Waals surface area contributed by atoms with Crippen LogP contribution in [0.3, 0.4) is 0 Å². The van der Waals surface area contributed by atoms with Gasteiger partial charge in [-0.05, 0) is 20.3 Å². The summed E-state index contributed by atoms with van der Waals surface area (Å²) in [5.41, 5.74) is 5.70. The first-order valence-electron chi connectivity index (χ1n) is 6.48. The van der Waals surface area contributed by atoms with E-state index in [-0.39, 0.29) is 18.0 Å². The highest BCUT2D eigenvalue weighted by atomic mass is 16.5. The maximum Gasteiger partial charge on any atom is 0.323 e. The summed E-state index contributed by atoms with van der Waals surface area (Å²) in [7, 11) is 1.66. The first-order chi connectivity index (χ1) is 9.08. The van der Waals surface area contributed by atoms with Gasteiger partial charge in [0.15, 0.2) is 0 Å². The molecule has 1 rings (SSSR count). The molecule has 7 heteroatoms. The number of methoxy groups -OCH3 is 1. The SMILES string of the molecule is CCCOc1nc(N)nc(N(CCOC)C(C)C)n1. The molecule has 0 fully saturated rings. The zero-order chi connectivity index (χ0) is 14.3. The molecule has 0 amide bonds. The maximum absolute atomic E-state index is 5.70. The van der Waals surface area contributed by atoms with Crippen LogP contribution in [-0.4, -0.2) is 47.9 Å². The molecular formula is C12H23N5O2. The zero-order valence-corrected chi connectivity index (χ0v) is 12.1. The van der Waals surface area contributed by atoms with Crippen LogP contribution >= 0.6 is 0 Å². The normalized spacial score (nSPS) is 10.8. The van der Waals surface area contributed by atoms with E-state index in [4.69, 9.17) is 15.2 Å². The van der Waals surface area contributed by atoms with Crippen LogP contribution < -0.4 is 15.4 Å². The Balaban J connectivity index is 2.91. The summed E-state index contributed by atoms with van der Waals surface area (Å²) in [5.74, 6) is 0.685. The van der Waals surface area contributed by atoms with E-state index in [1.807, 2.05) is 11.8 Å². The van der Waals surface area contributed by atoms with E-state index in [0.29, 0.717) is 25.7 Å². The first kappa shape index (κ1) is 15.4. The van der Waals surface area contributed by atoms with Gasteiger partial charge in [-0.1, -0.05) is 6.92 Å². The van der Waals surface area contributed by atoms with Gasteiger partial charge in [0.05, 0.1) is 13.2 Å². The third-order valence-electron chi connectivity index (χ3n) is 2.47. The van der Waals surface area contributed by atoms with Crippen molar-refractivity contribution in [3.05, 3.63) is 0 Å². The molecule has 19 heavy (non-hydrogen) atoms. The second-order valence-electron chi connectivity index (χ2n) is 4.40. The van der Waals surface area contributed by atoms with Crippen molar-refractivity contribution in [3.8, 4) is 6.01 Å². The Labute approximate surface area is 114 Å². The van der Waals surface area contributed by atoms with Crippen molar-refractivity contribution in [1.29, 1.82) is 0 Å². The number of rotatable bonds is 8. The van der Waals surface area contributed by atoms with Crippen molar-refractivity contribution in [1.82, 2.24) is 15.0 Å². The fourth-order valence-electron chi connectivity index (χ4n) is 1.53. The average molecular weight is 269 g/mol. The van der Waals surface area contributed by atoms with Crippen LogP contribution in [0.2, 0.25) is 0 Å². The van der Waals surface area contributed by atoms with E-state index in [1.54, 1.807) is 7.11 Å². The Hall–Kier alpha value is -1.63. The number of anilines is 2. The molecule has 0 aliphatic heterocycles. The fourth-order valence-corrected chi connectivity index (χ4v) is 1.53. The molecular weight excluding hydrogens is 246 g/mol. The molecule has 0 saturated heterocycles. The predicted octanol–water partition coefficient (Wildman–Crippen LogP) is 1.10. The minimum Gasteiger partial charge on any atom is -0.463 e. The number of nitrogens with zero attached hydrogens (tertiary/aromatic N) is 4. The van der Waals surface area contributed by atoms with Crippen LogP contribution in [0, 0.1) is 0 Å². The van der Waals surface area contributed by atoms with Crippen molar-refractivity contribution in [3.63, 3.8) is 0 Å². The van der Waals surface area contributed by atoms with Crippen molar-refractivity contribution in [2.24, 2.45) is 0 Å². The number of hydrogen-bond acceptors (Lipinski definition) is 7. The molecule has 108 valence electrons. The van der Waals surface area contributed by atoms with Gasteiger partial charge in [-0.2, -0.15) is 15.0 Å². The summed E-state index contributed by atoms with van der Waals surface area (Å²) in [5, 5.41) is 0. The van der Waals surface area contributed by atoms with Crippen molar-refractivity contribution in [2.45, 2.75) is 33.2 Å². The quantitative estimate of drug-likeness (QED) is 0.756. The summed E-state index contributed by atoms with van der Waals surface area (Å²) < 4.78 is 10.5. The maximum atomic E-state index is 5.70. The van der Waals surface area contributed by atoms with Crippen LogP contribution in [0.1, 0.15) is 27.2 Å². The average Bonchev–Trinajstić information content (AvgIpc) is 2.36. The van der Waals surface area contributed by atoms with E-state index in [1.165, 1.54) is 0 Å². The van der Waals surface area contributed by atoms with Crippen LogP contribution in [0.5, 0.6) is 6.01 Å². The summed E-state index contributed by atoms with van der Waals surface area (Å²) >= 11 is 0. The Morgan fingerprint density at radius 1 is 1.21 bits per heavy atom. The van der Waals surface area contributed by atoms with E-state index < -0.39 is 0 Å². The van der Waals surface area contributed by atoms with Crippen molar-refractivity contribution >= 4 is 11.9 Å². The number of nitrogens with two attached hydrogens (primary N) is 1. The van der Waals surface area contributed by atoms with E-state index in [0.717, 1.165) is 6.42 Å². The van der Waals surface area contributed by atoms with Gasteiger partial charge in [0.25, 0.3) is 0 Å². The molecule has 0 aliphatic rings. The van der Waals surface area contributed by atoms with Gasteiger partial charge in [0.2, 0.25) is 11.9 Å². The van der Waals surface area contributed by atoms with Gasteiger partial charge < -0.3 is 20.1 Å². The second-order valence-corrected chi connectivity index (χ2v) is 4.40. The molecule has 0 bridgehead atoms. The summed E-state index contributed by atoms with van der Waals surface area (Å²) in [6, 6.07) is 0.503. The van der Waals surface area contributed by atoms with E-state index >= 15 is 0 Å². The summed E-state index contributed by atoms with van der Waals surface area (Å²) in [6.07, 6.45) is 0.887. The molecule has 1 heterocycles. The first-order valence-corrected chi connectivity index (χ1v) is 6.48. The highest BCUT2D eigenvalue weighted by molar-refractivity contribution is 5.36. The Morgan fingerprint density at radius 2 is 1.95 bits per heavy atom. The third-order valence-corrected chi connectivity index (χ3v) is 2.47. The standard InChI is InChI=1S/C12H23N5O2/c1-5-7-19-12-15-10(13)14-11(16-12)17(9(2)3)6-8-18-4/h9H,5-8H2,1-4H3,(H2,13,14,15,16). The minimum absolute atomic E-state index is 0.166. The molecule has 0 aliphatic carbocycles. The lowest BCUT2D eigenvalue weighted by Gasteiger charge is -2.26. The van der Waals surface area contributed by atoms with Crippen LogP contribution in [0.4, 0.5) is 11.9 Å². The molecule has 0 aromatic carbocycles. The molecule has 0 saturated carbocycles. The molecule has 0 atom stereocenters. The Bertz CT molecular complexity index is 386. The zero-order valence-electron chi connectivity index (χ0n) is 12.1. The highest BCUT2D eigenvalue weighted by Crippen LogP contribution is 2.15. The fraction of sp³-hybridized carbons (Fsp3) is 0.750. The van der Waals surface area contributed by atoms with Gasteiger partial charge in [-0.15, -0.1) is 0 Å². The molecule has 1 aromatic rings. The van der Waals surface area contributed by atoms with Gasteiger partial charge in [-0.3, -0.25) is 0 Å². The molecule has 2 N–H and O–H groups in total. The van der Waals surface area contributed by atoms with Crippen molar-refractivity contribution in [2.75, 3.05) is 37.5 Å². The lowest BCUT2D eigenvalue weighted by molar-refractivity contribution is 0.203. The lowest BCUT2D eigenvalue weighted by Crippen LogP contribution is -2.35. The molecule has 0 unspecified atom stereocenters. The van der Waals surface area contributed by atoms with Gasteiger partial charge >= 0.3 is 6.01 Å². The highest BCUT2D eigenvalue weighted by Gasteiger charge is 2.16. The Morgan fingerprint density at radius 3 is 2.53 bits per heavy atom. The Kier molecular flexibility index (Phi) is 6.27. The topological polar surface area (TPSA) is 86.4 Å². The molecule has 0 radical (unpaired) electrons. The molecule has 0 spiro atoms. The van der Waals surface area contributed by atoms with Crippen molar-refractivity contribution < 1.29 is 9.47 Å². The minimum atomic E-state index is 0.166. The third kappa shape index (κ3) is 4.86. The monoisotopic (exact) mass is 269 g/mol. The van der Waals surface area contributed by atoms with Crippen LogP contribution in [0.25, 0.3) is 0 Å². The number of nitrogen functional groups attached to an aromatic ring is 1. The lowest BCUT2D eigenvalue weighted by atomic mass is 10.3. The van der Waals surface area contributed by atoms with Gasteiger partial charge in [0.1, 0.15) is 0 Å². The van der Waals surface area contributed by atoms with Crippen LogP contribution in [0.15, 0.2) is 0 Å². The van der Waals surface area contributed by atoms with Gasteiger partial charge in [-0.25, -0.2) is 0 Å². The number of ether oxygens (including phenoxy) is 2. The predicted molar refractivity (Wildman–Crippen MR) is 74.4 cm³/mol. The smallest absolute Gasteiger partial charge is 0.323 e. The summed E-state index contributed by atoms with van der Waals surface area (Å²) in [6.45, 7) is 7.97. The summed E-state index contributed by atoms with van der Waals surface area (Å²) in [4.78, 5) is 14.4.